The maximum Gasteiger partial charge on any atom is 0.251 e. The summed E-state index contributed by atoms with van der Waals surface area (Å²) >= 11 is 1.27. The standard InChI is InChI=1S/C21H30N2O4S2.ClH/c1-3-16-13-18(15(2)22-21(16)25)19-8-9-20(28-19)29(26,27)12-5-4-10-23-11-6-7-17(23)14-24;/h8-9,13,17,24H,3-7,10-12,14H2,1-2H3,(H,22,25);1H/t17-;/m1./s1. The van der Waals surface area contributed by atoms with Gasteiger partial charge < -0.3 is 10.1 Å². The van der Waals surface area contributed by atoms with Gasteiger partial charge in [0.1, 0.15) is 4.21 Å². The van der Waals surface area contributed by atoms with Gasteiger partial charge in [-0.05, 0) is 70.3 Å². The highest BCUT2D eigenvalue weighted by molar-refractivity contribution is 7.93. The molecule has 6 nitrogen and oxygen atoms in total. The van der Waals surface area contributed by atoms with Gasteiger partial charge in [0.25, 0.3) is 5.56 Å². The average Bonchev–Trinajstić information content (AvgIpc) is 3.35. The lowest BCUT2D eigenvalue weighted by molar-refractivity contribution is 0.157. The molecule has 1 saturated heterocycles. The van der Waals surface area contributed by atoms with E-state index in [1.54, 1.807) is 6.07 Å². The van der Waals surface area contributed by atoms with E-state index >= 15 is 0 Å². The van der Waals surface area contributed by atoms with Crippen molar-refractivity contribution in [1.29, 1.82) is 0 Å². The van der Waals surface area contributed by atoms with Crippen molar-refractivity contribution in [1.82, 2.24) is 9.88 Å². The molecule has 0 aromatic carbocycles. The minimum Gasteiger partial charge on any atom is -0.395 e. The van der Waals surface area contributed by atoms with Crippen LogP contribution in [0.5, 0.6) is 0 Å². The van der Waals surface area contributed by atoms with Crippen LogP contribution >= 0.6 is 23.7 Å². The molecular weight excluding hydrogens is 444 g/mol. The highest BCUT2D eigenvalue weighted by Crippen LogP contribution is 2.33. The Bertz CT molecular complexity index is 1000. The maximum absolute atomic E-state index is 12.8. The molecule has 2 aromatic heterocycles. The number of aromatic nitrogens is 1. The number of unbranched alkanes of at least 4 members (excludes halogenated alkanes) is 1. The molecule has 9 heteroatoms. The van der Waals surface area contributed by atoms with Gasteiger partial charge in [0, 0.05) is 27.7 Å². The predicted molar refractivity (Wildman–Crippen MR) is 125 cm³/mol. The molecule has 1 aliphatic rings. The fraction of sp³-hybridized carbons (Fsp3) is 0.571. The van der Waals surface area contributed by atoms with Crippen LogP contribution in [-0.2, 0) is 16.3 Å². The quantitative estimate of drug-likeness (QED) is 0.543. The molecule has 1 atom stereocenters. The van der Waals surface area contributed by atoms with E-state index in [0.29, 0.717) is 22.6 Å². The van der Waals surface area contributed by atoms with E-state index in [4.69, 9.17) is 0 Å². The molecule has 168 valence electrons. The number of sulfone groups is 1. The van der Waals surface area contributed by atoms with Gasteiger partial charge in [-0.25, -0.2) is 8.42 Å². The van der Waals surface area contributed by atoms with E-state index in [2.05, 4.69) is 9.88 Å². The van der Waals surface area contributed by atoms with Crippen LogP contribution in [0.25, 0.3) is 10.4 Å². The van der Waals surface area contributed by atoms with Crippen LogP contribution in [0.3, 0.4) is 0 Å². The van der Waals surface area contributed by atoms with Crippen molar-refractivity contribution in [3.8, 4) is 10.4 Å². The van der Waals surface area contributed by atoms with Crippen LogP contribution < -0.4 is 5.56 Å². The normalized spacial score (nSPS) is 17.2. The average molecular weight is 475 g/mol. The molecule has 0 spiro atoms. The third-order valence-electron chi connectivity index (χ3n) is 5.67. The van der Waals surface area contributed by atoms with Gasteiger partial charge in [-0.15, -0.1) is 23.7 Å². The molecule has 1 fully saturated rings. The Morgan fingerprint density at radius 3 is 2.77 bits per heavy atom. The van der Waals surface area contributed by atoms with Crippen LogP contribution in [0.1, 0.15) is 43.9 Å². The predicted octanol–water partition coefficient (Wildman–Crippen LogP) is 3.41. The summed E-state index contributed by atoms with van der Waals surface area (Å²) < 4.78 is 25.9. The first kappa shape index (κ1) is 25.1. The maximum atomic E-state index is 12.8. The zero-order valence-corrected chi connectivity index (χ0v) is 20.0. The Morgan fingerprint density at radius 1 is 1.30 bits per heavy atom. The largest absolute Gasteiger partial charge is 0.395 e. The zero-order chi connectivity index (χ0) is 21.0. The Labute approximate surface area is 188 Å². The van der Waals surface area contributed by atoms with E-state index in [1.807, 2.05) is 26.0 Å². The van der Waals surface area contributed by atoms with Gasteiger partial charge in [-0.2, -0.15) is 0 Å². The summed E-state index contributed by atoms with van der Waals surface area (Å²) in [5.41, 5.74) is 2.25. The minimum absolute atomic E-state index is 0. The molecule has 3 rings (SSSR count). The summed E-state index contributed by atoms with van der Waals surface area (Å²) in [6, 6.07) is 5.60. The highest BCUT2D eigenvalue weighted by atomic mass is 35.5. The lowest BCUT2D eigenvalue weighted by atomic mass is 10.1. The van der Waals surface area contributed by atoms with Gasteiger partial charge in [0.2, 0.25) is 0 Å². The second kappa shape index (κ2) is 10.9. The molecule has 2 N–H and O–H groups in total. The number of aromatic amines is 1. The zero-order valence-electron chi connectivity index (χ0n) is 17.5. The van der Waals surface area contributed by atoms with Crippen LogP contribution in [0, 0.1) is 6.92 Å². The number of halogens is 1. The lowest BCUT2D eigenvalue weighted by Crippen LogP contribution is -2.33. The van der Waals surface area contributed by atoms with Crippen LogP contribution in [0.4, 0.5) is 0 Å². The molecule has 3 heterocycles. The highest BCUT2D eigenvalue weighted by Gasteiger charge is 2.23. The molecule has 0 amide bonds. The van der Waals surface area contributed by atoms with E-state index < -0.39 is 9.84 Å². The molecule has 0 bridgehead atoms. The smallest absolute Gasteiger partial charge is 0.251 e. The van der Waals surface area contributed by atoms with Crippen LogP contribution in [0.2, 0.25) is 0 Å². The first-order chi connectivity index (χ1) is 13.9. The van der Waals surface area contributed by atoms with Crippen LogP contribution in [0.15, 0.2) is 27.2 Å². The number of pyridine rings is 1. The Morgan fingerprint density at radius 2 is 2.07 bits per heavy atom. The SMILES string of the molecule is CCc1cc(-c2ccc(S(=O)(=O)CCCCN3CCC[C@@H]3CO)s2)c(C)[nH]c1=O.Cl. The van der Waals surface area contributed by atoms with Crippen molar-refractivity contribution in [3.05, 3.63) is 39.8 Å². The molecule has 2 aromatic rings. The summed E-state index contributed by atoms with van der Waals surface area (Å²) in [4.78, 5) is 17.9. The van der Waals surface area contributed by atoms with Gasteiger partial charge in [-0.1, -0.05) is 6.92 Å². The molecule has 0 saturated carbocycles. The number of nitrogens with one attached hydrogen (secondary N) is 1. The van der Waals surface area contributed by atoms with E-state index in [-0.39, 0.29) is 36.4 Å². The van der Waals surface area contributed by atoms with Crippen molar-refractivity contribution < 1.29 is 13.5 Å². The lowest BCUT2D eigenvalue weighted by Gasteiger charge is -2.22. The molecule has 0 aliphatic carbocycles. The second-order valence-corrected chi connectivity index (χ2v) is 11.1. The summed E-state index contributed by atoms with van der Waals surface area (Å²) in [5, 5.41) is 9.38. The number of thiophene rings is 1. The van der Waals surface area contributed by atoms with Crippen molar-refractivity contribution in [2.45, 2.75) is 56.2 Å². The number of hydrogen-bond donors (Lipinski definition) is 2. The molecule has 0 radical (unpaired) electrons. The summed E-state index contributed by atoms with van der Waals surface area (Å²) in [6.45, 7) is 5.78. The fourth-order valence-corrected chi connectivity index (χ4v) is 6.82. The number of aryl methyl sites for hydroxylation is 2. The molecular formula is C21H31ClN2O4S2. The van der Waals surface area contributed by atoms with Crippen molar-refractivity contribution in [3.63, 3.8) is 0 Å². The van der Waals surface area contributed by atoms with Gasteiger partial charge in [0.15, 0.2) is 9.84 Å². The first-order valence-electron chi connectivity index (χ1n) is 10.3. The third kappa shape index (κ3) is 5.73. The van der Waals surface area contributed by atoms with Gasteiger partial charge in [-0.3, -0.25) is 9.69 Å². The number of aliphatic hydroxyl groups excluding tert-OH is 1. The van der Waals surface area contributed by atoms with E-state index in [0.717, 1.165) is 48.5 Å². The third-order valence-corrected chi connectivity index (χ3v) is 9.17. The topological polar surface area (TPSA) is 90.5 Å². The summed E-state index contributed by atoms with van der Waals surface area (Å²) in [5.74, 6) is 0.134. The summed E-state index contributed by atoms with van der Waals surface area (Å²) in [6.07, 6.45) is 4.18. The first-order valence-corrected chi connectivity index (χ1v) is 12.7. The monoisotopic (exact) mass is 474 g/mol. The summed E-state index contributed by atoms with van der Waals surface area (Å²) in [7, 11) is -3.32. The molecule has 1 aliphatic heterocycles. The Kier molecular flexibility index (Phi) is 9.12. The Hall–Kier alpha value is -1.19. The number of hydrogen-bond acceptors (Lipinski definition) is 6. The van der Waals surface area contributed by atoms with Crippen molar-refractivity contribution in [2.24, 2.45) is 0 Å². The van der Waals surface area contributed by atoms with Gasteiger partial charge >= 0.3 is 0 Å². The second-order valence-electron chi connectivity index (χ2n) is 7.68. The number of nitrogens with zero attached hydrogens (tertiary/aromatic N) is 1. The van der Waals surface area contributed by atoms with Gasteiger partial charge in [0.05, 0.1) is 12.4 Å². The number of rotatable bonds is 9. The van der Waals surface area contributed by atoms with Crippen LogP contribution in [-0.4, -0.2) is 54.9 Å². The van der Waals surface area contributed by atoms with E-state index in [9.17, 15) is 18.3 Å². The van der Waals surface area contributed by atoms with E-state index in [1.165, 1.54) is 11.3 Å². The number of H-pyrrole nitrogens is 1. The van der Waals surface area contributed by atoms with Crippen molar-refractivity contribution in [2.75, 3.05) is 25.4 Å². The minimum atomic E-state index is -3.32. The molecule has 30 heavy (non-hydrogen) atoms. The van der Waals surface area contributed by atoms with Crippen molar-refractivity contribution >= 4 is 33.6 Å². The Balaban J connectivity index is 0.00000320. The number of aliphatic hydroxyl groups is 1. The molecule has 0 unspecified atom stereocenters. The number of likely N-dealkylation sites (tertiary alicyclic amines) is 1. The fourth-order valence-electron chi connectivity index (χ4n) is 3.92.